The van der Waals surface area contributed by atoms with Crippen LogP contribution in [0, 0.1) is 11.8 Å². The molecule has 1 unspecified atom stereocenters. The van der Waals surface area contributed by atoms with Gasteiger partial charge in [0, 0.05) is 0 Å². The lowest BCUT2D eigenvalue weighted by atomic mass is 10.1. The Kier molecular flexibility index (Phi) is 4.09. The predicted molar refractivity (Wildman–Crippen MR) is 72.6 cm³/mol. The van der Waals surface area contributed by atoms with Crippen molar-refractivity contribution in [1.29, 1.82) is 0 Å². The van der Waals surface area contributed by atoms with E-state index in [1.165, 1.54) is 11.3 Å². The molecule has 0 aliphatic heterocycles. The molecule has 0 aliphatic carbocycles. The van der Waals surface area contributed by atoms with E-state index in [1.807, 2.05) is 17.5 Å². The number of rotatable bonds is 1. The Hall–Kier alpha value is -0.980. The molecule has 4 heteroatoms. The van der Waals surface area contributed by atoms with E-state index in [9.17, 15) is 5.11 Å². The summed E-state index contributed by atoms with van der Waals surface area (Å²) in [7, 11) is 0. The van der Waals surface area contributed by atoms with E-state index in [-0.39, 0.29) is 0 Å². The van der Waals surface area contributed by atoms with Crippen molar-refractivity contribution in [3.8, 4) is 11.8 Å². The van der Waals surface area contributed by atoms with Crippen LogP contribution in [-0.2, 0) is 0 Å². The lowest BCUT2D eigenvalue weighted by Crippen LogP contribution is -1.93. The summed E-state index contributed by atoms with van der Waals surface area (Å²) in [6.07, 6.45) is -0.855. The van der Waals surface area contributed by atoms with E-state index in [4.69, 9.17) is 23.2 Å². The van der Waals surface area contributed by atoms with E-state index < -0.39 is 6.10 Å². The molecule has 0 spiro atoms. The van der Waals surface area contributed by atoms with Crippen LogP contribution in [-0.4, -0.2) is 5.11 Å². The minimum atomic E-state index is -0.855. The number of thiophene rings is 1. The van der Waals surface area contributed by atoms with Gasteiger partial charge in [0.05, 0.1) is 14.9 Å². The molecule has 1 atom stereocenters. The molecule has 2 rings (SSSR count). The zero-order valence-electron chi connectivity index (χ0n) is 8.65. The molecule has 1 aromatic heterocycles. The summed E-state index contributed by atoms with van der Waals surface area (Å²) < 4.78 is 0. The predicted octanol–water partition coefficient (Wildman–Crippen LogP) is 4.14. The Bertz CT molecular complexity index is 567. The van der Waals surface area contributed by atoms with Gasteiger partial charge in [-0.3, -0.25) is 0 Å². The van der Waals surface area contributed by atoms with E-state index in [1.54, 1.807) is 18.2 Å². The monoisotopic (exact) mass is 282 g/mol. The fourth-order valence-electron chi connectivity index (χ4n) is 1.25. The molecule has 0 saturated heterocycles. The fraction of sp³-hybridized carbons (Fsp3) is 0.0769. The first-order valence-electron chi connectivity index (χ1n) is 4.85. The van der Waals surface area contributed by atoms with E-state index in [0.29, 0.717) is 15.6 Å². The van der Waals surface area contributed by atoms with Crippen molar-refractivity contribution in [2.45, 2.75) is 6.10 Å². The van der Waals surface area contributed by atoms with Gasteiger partial charge in [-0.2, -0.15) is 0 Å². The molecule has 1 nitrogen and oxygen atoms in total. The first-order chi connectivity index (χ1) is 8.16. The molecule has 0 aliphatic rings. The van der Waals surface area contributed by atoms with Gasteiger partial charge in [-0.05, 0) is 29.1 Å². The maximum Gasteiger partial charge on any atom is 0.140 e. The third-order valence-corrected chi connectivity index (χ3v) is 3.64. The molecule has 86 valence electrons. The molecule has 1 aromatic carbocycles. The second-order valence-electron chi connectivity index (χ2n) is 3.32. The summed E-state index contributed by atoms with van der Waals surface area (Å²) in [4.78, 5) is 0.920. The molecular weight excluding hydrogens is 275 g/mol. The summed E-state index contributed by atoms with van der Waals surface area (Å²) in [5.74, 6) is 5.66. The fourth-order valence-corrected chi connectivity index (χ4v) is 2.14. The Morgan fingerprint density at radius 1 is 1.18 bits per heavy atom. The zero-order valence-corrected chi connectivity index (χ0v) is 11.0. The molecule has 1 heterocycles. The topological polar surface area (TPSA) is 20.2 Å². The Balaban J connectivity index is 2.20. The minimum absolute atomic E-state index is 0.418. The average Bonchev–Trinajstić information content (AvgIpc) is 2.82. The van der Waals surface area contributed by atoms with Crippen molar-refractivity contribution in [3.05, 3.63) is 56.2 Å². The van der Waals surface area contributed by atoms with E-state index in [0.717, 1.165) is 4.88 Å². The number of benzene rings is 1. The zero-order chi connectivity index (χ0) is 12.3. The number of aliphatic hydroxyl groups is 1. The smallest absolute Gasteiger partial charge is 0.140 e. The van der Waals surface area contributed by atoms with Crippen molar-refractivity contribution in [2.24, 2.45) is 0 Å². The summed E-state index contributed by atoms with van der Waals surface area (Å²) in [5.41, 5.74) is 0.642. The van der Waals surface area contributed by atoms with E-state index in [2.05, 4.69) is 11.8 Å². The normalized spacial score (nSPS) is 11.7. The largest absolute Gasteiger partial charge is 0.376 e. The first-order valence-corrected chi connectivity index (χ1v) is 6.48. The molecule has 17 heavy (non-hydrogen) atoms. The second kappa shape index (κ2) is 5.57. The highest BCUT2D eigenvalue weighted by atomic mass is 35.5. The molecule has 0 radical (unpaired) electrons. The highest BCUT2D eigenvalue weighted by molar-refractivity contribution is 7.10. The highest BCUT2D eigenvalue weighted by Crippen LogP contribution is 2.25. The third-order valence-electron chi connectivity index (χ3n) is 2.11. The molecule has 2 aromatic rings. The van der Waals surface area contributed by atoms with Crippen molar-refractivity contribution in [1.82, 2.24) is 0 Å². The maximum atomic E-state index is 9.86. The van der Waals surface area contributed by atoms with Gasteiger partial charge in [0.25, 0.3) is 0 Å². The summed E-state index contributed by atoms with van der Waals surface area (Å²) in [6, 6.07) is 8.80. The van der Waals surface area contributed by atoms with Gasteiger partial charge in [-0.15, -0.1) is 11.3 Å². The van der Waals surface area contributed by atoms with Gasteiger partial charge in [0.15, 0.2) is 0 Å². The van der Waals surface area contributed by atoms with Crippen LogP contribution < -0.4 is 0 Å². The van der Waals surface area contributed by atoms with Crippen LogP contribution in [0.15, 0.2) is 35.7 Å². The lowest BCUT2D eigenvalue weighted by molar-refractivity contribution is 0.238. The van der Waals surface area contributed by atoms with E-state index >= 15 is 0 Å². The van der Waals surface area contributed by atoms with Gasteiger partial charge < -0.3 is 5.11 Å². The summed E-state index contributed by atoms with van der Waals surface area (Å²) in [6.45, 7) is 0. The van der Waals surface area contributed by atoms with Gasteiger partial charge >= 0.3 is 0 Å². The molecule has 0 bridgehead atoms. The summed E-state index contributed by atoms with van der Waals surface area (Å²) in [5, 5.41) is 12.7. The van der Waals surface area contributed by atoms with Crippen LogP contribution >= 0.6 is 34.5 Å². The molecule has 1 N–H and O–H groups in total. The van der Waals surface area contributed by atoms with Crippen LogP contribution in [0.3, 0.4) is 0 Å². The second-order valence-corrected chi connectivity index (χ2v) is 5.08. The van der Waals surface area contributed by atoms with Crippen LogP contribution in [0.2, 0.25) is 10.0 Å². The van der Waals surface area contributed by atoms with Crippen LogP contribution in [0.5, 0.6) is 0 Å². The number of hydrogen-bond donors (Lipinski definition) is 1. The number of hydrogen-bond acceptors (Lipinski definition) is 2. The maximum absolute atomic E-state index is 9.86. The van der Waals surface area contributed by atoms with Crippen LogP contribution in [0.4, 0.5) is 0 Å². The van der Waals surface area contributed by atoms with Crippen molar-refractivity contribution in [2.75, 3.05) is 0 Å². The average molecular weight is 283 g/mol. The molecule has 0 amide bonds. The minimum Gasteiger partial charge on any atom is -0.376 e. The van der Waals surface area contributed by atoms with Gasteiger partial charge in [0.1, 0.15) is 6.10 Å². The highest BCUT2D eigenvalue weighted by Gasteiger charge is 2.06. The molecule has 0 saturated carbocycles. The molecule has 0 fully saturated rings. The molecular formula is C13H8Cl2OS. The van der Waals surface area contributed by atoms with Crippen molar-refractivity contribution < 1.29 is 5.11 Å². The first kappa shape index (κ1) is 12.5. The third kappa shape index (κ3) is 3.24. The Labute approximate surface area is 114 Å². The number of aliphatic hydroxyl groups excluding tert-OH is 1. The van der Waals surface area contributed by atoms with Gasteiger partial charge in [-0.25, -0.2) is 0 Å². The van der Waals surface area contributed by atoms with Crippen molar-refractivity contribution >= 4 is 34.5 Å². The Morgan fingerprint density at radius 3 is 2.65 bits per heavy atom. The lowest BCUT2D eigenvalue weighted by Gasteiger charge is -2.04. The van der Waals surface area contributed by atoms with Crippen LogP contribution in [0.1, 0.15) is 16.5 Å². The summed E-state index contributed by atoms with van der Waals surface area (Å²) >= 11 is 13.2. The number of halogens is 2. The van der Waals surface area contributed by atoms with Crippen molar-refractivity contribution in [3.63, 3.8) is 0 Å². The quantitative estimate of drug-likeness (QED) is 0.780. The Morgan fingerprint density at radius 2 is 2.00 bits per heavy atom. The van der Waals surface area contributed by atoms with Crippen LogP contribution in [0.25, 0.3) is 0 Å². The SMILES string of the molecule is OC(C#Cc1cccs1)c1ccc(Cl)c(Cl)c1. The van der Waals surface area contributed by atoms with Gasteiger partial charge in [0.2, 0.25) is 0 Å². The standard InChI is InChI=1S/C13H8Cl2OS/c14-11-5-3-9(8-12(11)15)13(16)6-4-10-2-1-7-17-10/h1-3,5,7-8,13,16H. The van der Waals surface area contributed by atoms with Gasteiger partial charge in [-0.1, -0.05) is 47.2 Å².